The van der Waals surface area contributed by atoms with Crippen LogP contribution in [0.5, 0.6) is 0 Å². The van der Waals surface area contributed by atoms with Crippen LogP contribution in [0.4, 0.5) is 0 Å². The van der Waals surface area contributed by atoms with Gasteiger partial charge < -0.3 is 26.4 Å². The van der Waals surface area contributed by atoms with Crippen molar-refractivity contribution in [3.8, 4) is 0 Å². The van der Waals surface area contributed by atoms with Crippen molar-refractivity contribution in [3.05, 3.63) is 0 Å². The van der Waals surface area contributed by atoms with Crippen LogP contribution >= 0.6 is 0 Å². The molecule has 1 saturated heterocycles. The van der Waals surface area contributed by atoms with Gasteiger partial charge in [0.15, 0.2) is 0 Å². The van der Waals surface area contributed by atoms with Gasteiger partial charge in [0.2, 0.25) is 0 Å². The Labute approximate surface area is 64.8 Å². The van der Waals surface area contributed by atoms with Crippen molar-refractivity contribution in [1.29, 1.82) is 0 Å². The first kappa shape index (κ1) is 8.89. The fourth-order valence-electron chi connectivity index (χ4n) is 1.32. The normalized spacial score (nSPS) is 44.7. The molecule has 1 fully saturated rings. The summed E-state index contributed by atoms with van der Waals surface area (Å²) in [5.74, 6) is 0. The SMILES string of the molecule is NC[C@H]1N[C@@H](CO)[C@@H](O)[C@@H]1O. The van der Waals surface area contributed by atoms with E-state index in [4.69, 9.17) is 10.8 Å². The van der Waals surface area contributed by atoms with Crippen LogP contribution in [-0.4, -0.2) is 52.8 Å². The molecule has 5 nitrogen and oxygen atoms in total. The summed E-state index contributed by atoms with van der Waals surface area (Å²) in [6.07, 6.45) is -1.77. The molecule has 0 unspecified atom stereocenters. The topological polar surface area (TPSA) is 98.7 Å². The van der Waals surface area contributed by atoms with Gasteiger partial charge in [-0.3, -0.25) is 0 Å². The van der Waals surface area contributed by atoms with E-state index in [0.717, 1.165) is 0 Å². The average molecular weight is 162 g/mol. The molecule has 0 saturated carbocycles. The molecule has 0 aliphatic carbocycles. The van der Waals surface area contributed by atoms with E-state index < -0.39 is 18.2 Å². The van der Waals surface area contributed by atoms with Crippen LogP contribution in [0.25, 0.3) is 0 Å². The smallest absolute Gasteiger partial charge is 0.0989 e. The van der Waals surface area contributed by atoms with E-state index in [-0.39, 0.29) is 19.2 Å². The summed E-state index contributed by atoms with van der Waals surface area (Å²) in [5, 5.41) is 30.0. The Kier molecular flexibility index (Phi) is 2.80. The van der Waals surface area contributed by atoms with Crippen LogP contribution in [0, 0.1) is 0 Å². The molecule has 0 aromatic rings. The predicted octanol–water partition coefficient (Wildman–Crippen LogP) is -3.00. The fraction of sp³-hybridized carbons (Fsp3) is 1.00. The molecular weight excluding hydrogens is 148 g/mol. The summed E-state index contributed by atoms with van der Waals surface area (Å²) in [5.41, 5.74) is 5.29. The van der Waals surface area contributed by atoms with Gasteiger partial charge in [-0.05, 0) is 0 Å². The average Bonchev–Trinajstić information content (AvgIpc) is 2.30. The Hall–Kier alpha value is -0.200. The molecule has 66 valence electrons. The molecule has 0 amide bonds. The molecule has 1 heterocycles. The number of rotatable bonds is 2. The van der Waals surface area contributed by atoms with E-state index in [0.29, 0.717) is 0 Å². The van der Waals surface area contributed by atoms with Gasteiger partial charge >= 0.3 is 0 Å². The first-order chi connectivity index (χ1) is 5.20. The minimum Gasteiger partial charge on any atom is -0.395 e. The molecule has 1 aliphatic rings. The van der Waals surface area contributed by atoms with Gasteiger partial charge in [-0.25, -0.2) is 0 Å². The van der Waals surface area contributed by atoms with Crippen molar-refractivity contribution in [2.24, 2.45) is 5.73 Å². The lowest BCUT2D eigenvalue weighted by Gasteiger charge is -2.12. The van der Waals surface area contributed by atoms with E-state index >= 15 is 0 Å². The number of nitrogens with one attached hydrogen (secondary N) is 1. The van der Waals surface area contributed by atoms with Crippen LogP contribution in [-0.2, 0) is 0 Å². The molecule has 6 N–H and O–H groups in total. The van der Waals surface area contributed by atoms with Gasteiger partial charge in [-0.15, -0.1) is 0 Å². The van der Waals surface area contributed by atoms with E-state index in [9.17, 15) is 10.2 Å². The maximum atomic E-state index is 9.26. The molecule has 0 aromatic carbocycles. The van der Waals surface area contributed by atoms with Crippen LogP contribution in [0.15, 0.2) is 0 Å². The summed E-state index contributed by atoms with van der Waals surface area (Å²) in [4.78, 5) is 0. The monoisotopic (exact) mass is 162 g/mol. The zero-order valence-corrected chi connectivity index (χ0v) is 6.14. The summed E-state index contributed by atoms with van der Waals surface area (Å²) in [7, 11) is 0. The molecule has 4 atom stereocenters. The van der Waals surface area contributed by atoms with Gasteiger partial charge in [-0.2, -0.15) is 0 Å². The van der Waals surface area contributed by atoms with Gasteiger partial charge in [0.1, 0.15) is 0 Å². The Bertz CT molecular complexity index is 115. The standard InChI is InChI=1S/C6H14N2O3/c7-1-3-5(10)6(11)4(2-9)8-3/h3-6,8-11H,1-2,7H2/t3-,4+,5-,6-/m1/s1. The summed E-state index contributed by atoms with van der Waals surface area (Å²) >= 11 is 0. The fourth-order valence-corrected chi connectivity index (χ4v) is 1.32. The highest BCUT2D eigenvalue weighted by molar-refractivity contribution is 4.98. The lowest BCUT2D eigenvalue weighted by molar-refractivity contribution is 0.0205. The lowest BCUT2D eigenvalue weighted by Crippen LogP contribution is -2.40. The van der Waals surface area contributed by atoms with Gasteiger partial charge in [0, 0.05) is 12.6 Å². The van der Waals surface area contributed by atoms with E-state index in [2.05, 4.69) is 5.32 Å². The Morgan fingerprint density at radius 2 is 1.73 bits per heavy atom. The van der Waals surface area contributed by atoms with Crippen LogP contribution in [0.2, 0.25) is 0 Å². The van der Waals surface area contributed by atoms with Crippen LogP contribution < -0.4 is 11.1 Å². The highest BCUT2D eigenvalue weighted by atomic mass is 16.3. The van der Waals surface area contributed by atoms with Crippen LogP contribution in [0.3, 0.4) is 0 Å². The predicted molar refractivity (Wildman–Crippen MR) is 38.9 cm³/mol. The zero-order valence-electron chi connectivity index (χ0n) is 6.14. The second-order valence-electron chi connectivity index (χ2n) is 2.78. The van der Waals surface area contributed by atoms with Crippen molar-refractivity contribution >= 4 is 0 Å². The number of hydrogen-bond acceptors (Lipinski definition) is 5. The molecule has 0 aromatic heterocycles. The molecule has 5 heteroatoms. The van der Waals surface area contributed by atoms with Crippen molar-refractivity contribution in [2.75, 3.05) is 13.2 Å². The van der Waals surface area contributed by atoms with Crippen LogP contribution in [0.1, 0.15) is 0 Å². The maximum Gasteiger partial charge on any atom is 0.0989 e. The summed E-state index contributed by atoms with van der Waals surface area (Å²) < 4.78 is 0. The molecule has 0 bridgehead atoms. The third-order valence-corrected chi connectivity index (χ3v) is 2.05. The molecule has 11 heavy (non-hydrogen) atoms. The second-order valence-corrected chi connectivity index (χ2v) is 2.78. The summed E-state index contributed by atoms with van der Waals surface area (Å²) in [6, 6.07) is -0.749. The number of nitrogens with two attached hydrogens (primary N) is 1. The molecule has 0 spiro atoms. The Morgan fingerprint density at radius 3 is 2.00 bits per heavy atom. The minimum absolute atomic E-state index is 0.186. The highest BCUT2D eigenvalue weighted by Gasteiger charge is 2.39. The molecule has 0 radical (unpaired) electrons. The minimum atomic E-state index is -0.909. The number of aliphatic hydroxyl groups is 3. The lowest BCUT2D eigenvalue weighted by atomic mass is 10.1. The van der Waals surface area contributed by atoms with Gasteiger partial charge in [0.25, 0.3) is 0 Å². The quantitative estimate of drug-likeness (QED) is 0.298. The van der Waals surface area contributed by atoms with Crippen molar-refractivity contribution in [3.63, 3.8) is 0 Å². The van der Waals surface area contributed by atoms with E-state index in [1.54, 1.807) is 0 Å². The first-order valence-electron chi connectivity index (χ1n) is 3.63. The Balaban J connectivity index is 2.53. The highest BCUT2D eigenvalue weighted by Crippen LogP contribution is 2.12. The maximum absolute atomic E-state index is 9.26. The third kappa shape index (κ3) is 1.52. The third-order valence-electron chi connectivity index (χ3n) is 2.05. The van der Waals surface area contributed by atoms with Gasteiger partial charge in [-0.1, -0.05) is 0 Å². The second kappa shape index (κ2) is 3.46. The zero-order chi connectivity index (χ0) is 8.43. The first-order valence-corrected chi connectivity index (χ1v) is 3.63. The van der Waals surface area contributed by atoms with E-state index in [1.165, 1.54) is 0 Å². The van der Waals surface area contributed by atoms with Crippen molar-refractivity contribution < 1.29 is 15.3 Å². The van der Waals surface area contributed by atoms with Crippen molar-refractivity contribution in [1.82, 2.24) is 5.32 Å². The largest absolute Gasteiger partial charge is 0.395 e. The van der Waals surface area contributed by atoms with Gasteiger partial charge in [0.05, 0.1) is 24.9 Å². The van der Waals surface area contributed by atoms with Crippen molar-refractivity contribution in [2.45, 2.75) is 24.3 Å². The van der Waals surface area contributed by atoms with E-state index in [1.807, 2.05) is 0 Å². The number of hydrogen-bond donors (Lipinski definition) is 5. The summed E-state index contributed by atoms with van der Waals surface area (Å²) in [6.45, 7) is 0.0729. The number of aliphatic hydroxyl groups excluding tert-OH is 3. The molecule has 1 aliphatic heterocycles. The molecule has 1 rings (SSSR count). The Morgan fingerprint density at radius 1 is 1.18 bits per heavy atom. The molecular formula is C6H14N2O3.